The van der Waals surface area contributed by atoms with Gasteiger partial charge in [-0.15, -0.1) is 28.2 Å². The first kappa shape index (κ1) is 33.7. The molecule has 2 amide bonds. The van der Waals surface area contributed by atoms with E-state index in [2.05, 4.69) is 31.0 Å². The number of tetrazole rings is 1. The van der Waals surface area contributed by atoms with Crippen molar-refractivity contribution in [3.63, 3.8) is 0 Å². The Morgan fingerprint density at radius 1 is 1.34 bits per heavy atom. The number of rotatable bonds is 13. The molecule has 3 aromatic rings. The number of amides is 2. The number of hydrogen-bond acceptors (Lipinski definition) is 17. The van der Waals surface area contributed by atoms with E-state index in [1.54, 1.807) is 4.68 Å². The maximum absolute atomic E-state index is 13.5. The lowest BCUT2D eigenvalue weighted by Gasteiger charge is -2.49. The number of fused-ring (bicyclic) bond motifs is 1. The van der Waals surface area contributed by atoms with Crippen LogP contribution in [-0.4, -0.2) is 122 Å². The molecular formula is C25H29N11O8S3. The fourth-order valence-corrected chi connectivity index (χ4v) is 7.45. The van der Waals surface area contributed by atoms with Crippen LogP contribution >= 0.6 is 34.9 Å². The zero-order chi connectivity index (χ0) is 34.0. The Morgan fingerprint density at radius 2 is 2.11 bits per heavy atom. The minimum absolute atomic E-state index is 0.0302. The number of likely N-dealkylation sites (N-methyl/N-ethyl adjacent to an activating group) is 1. The molecule has 0 aromatic carbocycles. The molecule has 1 unspecified atom stereocenters. The van der Waals surface area contributed by atoms with Gasteiger partial charge in [0.05, 0.1) is 12.7 Å². The standard InChI is InChI=1S/C25H29N11O8S3/c1-11(14-6-15(37)16(38)7-35(14)43)44-30-17(13-10-46-24(26)27-13)20(39)28-18-21(40)36-19(23(41)42)12(8-45-22(18)36)9-47-25-29-31-32-34(25)5-4-33(2)3/h6-7,10-11,18,22,38,43H,4-5,8-9H2,1-3H3,(H2,26,27)(H,28,39)(H,41,42)/b30-17-/t11?,18-,22-/m1/s1. The molecule has 0 aliphatic carbocycles. The van der Waals surface area contributed by atoms with Crippen molar-refractivity contribution < 1.29 is 34.6 Å². The third kappa shape index (κ3) is 7.18. The highest BCUT2D eigenvalue weighted by molar-refractivity contribution is 8.01. The van der Waals surface area contributed by atoms with Crippen molar-refractivity contribution >= 4 is 63.5 Å². The van der Waals surface area contributed by atoms with Crippen molar-refractivity contribution in [1.82, 2.24) is 45.0 Å². The third-order valence-corrected chi connectivity index (χ3v) is 9.97. The summed E-state index contributed by atoms with van der Waals surface area (Å²) < 4.78 is 2.10. The van der Waals surface area contributed by atoms with E-state index in [9.17, 15) is 34.6 Å². The van der Waals surface area contributed by atoms with Gasteiger partial charge in [-0.3, -0.25) is 19.3 Å². The summed E-state index contributed by atoms with van der Waals surface area (Å²) in [7, 11) is 3.84. The number of nitrogen functional groups attached to an aromatic ring is 1. The molecular weight excluding hydrogens is 679 g/mol. The first-order valence-electron chi connectivity index (χ1n) is 13.7. The van der Waals surface area contributed by atoms with Crippen LogP contribution in [0.5, 0.6) is 5.75 Å². The van der Waals surface area contributed by atoms with Crippen LogP contribution in [0.2, 0.25) is 0 Å². The highest BCUT2D eigenvalue weighted by atomic mass is 32.2. The fraction of sp³-hybridized carbons (Fsp3) is 0.400. The number of nitrogens with zero attached hydrogens (tertiary/aromatic N) is 9. The van der Waals surface area contributed by atoms with Crippen molar-refractivity contribution in [3.8, 4) is 5.75 Å². The van der Waals surface area contributed by atoms with Crippen molar-refractivity contribution in [1.29, 1.82) is 0 Å². The Labute approximate surface area is 278 Å². The SMILES string of the molecule is CC(O/N=C(\C(=O)N[C@@H]1C(=O)N2C(C(=O)O)=C(CSc3nnnn3CCN(C)C)CS[C@H]12)c1csc(N)n1)c1cc(=O)c(O)cn1O. The van der Waals surface area contributed by atoms with E-state index in [-0.39, 0.29) is 39.4 Å². The number of pyridine rings is 1. The van der Waals surface area contributed by atoms with E-state index in [4.69, 9.17) is 10.6 Å². The summed E-state index contributed by atoms with van der Waals surface area (Å²) in [4.78, 5) is 63.6. The second-order valence-electron chi connectivity index (χ2n) is 10.4. The Morgan fingerprint density at radius 3 is 2.79 bits per heavy atom. The van der Waals surface area contributed by atoms with Crippen LogP contribution in [0.1, 0.15) is 24.4 Å². The number of carbonyl (C=O) groups is 3. The lowest BCUT2D eigenvalue weighted by molar-refractivity contribution is -0.150. The van der Waals surface area contributed by atoms with Crippen LogP contribution in [0, 0.1) is 0 Å². The van der Waals surface area contributed by atoms with Gasteiger partial charge >= 0.3 is 5.97 Å². The summed E-state index contributed by atoms with van der Waals surface area (Å²) in [5, 5.41) is 49.2. The molecule has 5 heterocycles. The third-order valence-electron chi connectivity index (χ3n) is 6.91. The van der Waals surface area contributed by atoms with E-state index in [1.807, 2.05) is 19.0 Å². The Balaban J connectivity index is 1.31. The van der Waals surface area contributed by atoms with Gasteiger partial charge in [0.1, 0.15) is 28.5 Å². The van der Waals surface area contributed by atoms with Crippen molar-refractivity contribution in [2.45, 2.75) is 36.1 Å². The number of carbonyl (C=O) groups excluding carboxylic acids is 2. The first-order chi connectivity index (χ1) is 22.3. The number of aromatic nitrogens is 6. The zero-order valence-corrected chi connectivity index (χ0v) is 27.5. The number of thiazole rings is 1. The lowest BCUT2D eigenvalue weighted by Crippen LogP contribution is -2.71. The van der Waals surface area contributed by atoms with Gasteiger partial charge in [0.15, 0.2) is 22.7 Å². The van der Waals surface area contributed by atoms with Gasteiger partial charge in [0.2, 0.25) is 10.6 Å². The van der Waals surface area contributed by atoms with Crippen molar-refractivity contribution in [2.75, 3.05) is 37.9 Å². The summed E-state index contributed by atoms with van der Waals surface area (Å²) in [6, 6.07) is -0.154. The lowest BCUT2D eigenvalue weighted by atomic mass is 10.0. The van der Waals surface area contributed by atoms with Gasteiger partial charge in [0, 0.05) is 29.5 Å². The van der Waals surface area contributed by atoms with E-state index in [0.717, 1.165) is 28.5 Å². The predicted octanol–water partition coefficient (Wildman–Crippen LogP) is -0.609. The van der Waals surface area contributed by atoms with Gasteiger partial charge in [-0.05, 0) is 37.0 Å². The summed E-state index contributed by atoms with van der Waals surface area (Å²) in [5.41, 5.74) is 4.91. The molecule has 2 aliphatic rings. The number of nitrogens with one attached hydrogen (secondary N) is 1. The molecule has 22 heteroatoms. The van der Waals surface area contributed by atoms with Gasteiger partial charge < -0.3 is 36.2 Å². The summed E-state index contributed by atoms with van der Waals surface area (Å²) >= 11 is 3.57. The number of carboxylic acid groups (broad SMARTS) is 1. The molecule has 0 saturated carbocycles. The highest BCUT2D eigenvalue weighted by Crippen LogP contribution is 2.41. The second-order valence-corrected chi connectivity index (χ2v) is 13.4. The molecule has 3 aromatic heterocycles. The van der Waals surface area contributed by atoms with E-state index >= 15 is 0 Å². The maximum atomic E-state index is 13.5. The monoisotopic (exact) mass is 707 g/mol. The number of hydrogen-bond donors (Lipinski definition) is 5. The van der Waals surface area contributed by atoms with Gasteiger partial charge in [0.25, 0.3) is 11.8 Å². The summed E-state index contributed by atoms with van der Waals surface area (Å²) in [6.07, 6.45) is -0.301. The average molecular weight is 708 g/mol. The number of nitrogens with two attached hydrogens (primary N) is 1. The second kappa shape index (κ2) is 14.0. The van der Waals surface area contributed by atoms with Crippen molar-refractivity contribution in [3.05, 3.63) is 50.5 Å². The molecule has 6 N–H and O–H groups in total. The molecule has 5 rings (SSSR count). The van der Waals surface area contributed by atoms with Crippen LogP contribution in [-0.2, 0) is 25.8 Å². The van der Waals surface area contributed by atoms with Crippen molar-refractivity contribution in [2.24, 2.45) is 5.16 Å². The summed E-state index contributed by atoms with van der Waals surface area (Å²) in [6.45, 7) is 2.67. The number of anilines is 1. The Kier molecular flexibility index (Phi) is 10.0. The molecule has 1 saturated heterocycles. The highest BCUT2D eigenvalue weighted by Gasteiger charge is 2.54. The summed E-state index contributed by atoms with van der Waals surface area (Å²) in [5.74, 6) is -2.96. The molecule has 3 atom stereocenters. The first-order valence-corrected chi connectivity index (χ1v) is 16.6. The molecule has 250 valence electrons. The molecule has 0 radical (unpaired) electrons. The Bertz CT molecular complexity index is 1820. The van der Waals surface area contributed by atoms with Gasteiger partial charge in [-0.1, -0.05) is 16.9 Å². The average Bonchev–Trinajstić information content (AvgIpc) is 3.67. The topological polar surface area (TPSA) is 257 Å². The number of carboxylic acids is 1. The fourth-order valence-electron chi connectivity index (χ4n) is 4.51. The number of β-lactam (4-membered cyclic amide) rings is 1. The Hall–Kier alpha value is -4.67. The normalized spacial score (nSPS) is 18.6. The zero-order valence-electron chi connectivity index (χ0n) is 25.0. The van der Waals surface area contributed by atoms with E-state index in [0.29, 0.717) is 28.5 Å². The maximum Gasteiger partial charge on any atom is 0.352 e. The molecule has 47 heavy (non-hydrogen) atoms. The van der Waals surface area contributed by atoms with Gasteiger partial charge in [-0.2, -0.15) is 4.73 Å². The minimum atomic E-state index is -1.28. The minimum Gasteiger partial charge on any atom is -0.503 e. The van der Waals surface area contributed by atoms with Crippen LogP contribution in [0.15, 0.2) is 44.0 Å². The number of oxime groups is 1. The van der Waals surface area contributed by atoms with Gasteiger partial charge in [-0.25, -0.2) is 14.5 Å². The largest absolute Gasteiger partial charge is 0.503 e. The van der Waals surface area contributed by atoms with Crippen LogP contribution in [0.3, 0.4) is 0 Å². The number of aliphatic carboxylic acids is 1. The predicted molar refractivity (Wildman–Crippen MR) is 169 cm³/mol. The smallest absolute Gasteiger partial charge is 0.352 e. The van der Waals surface area contributed by atoms with E-state index < -0.39 is 46.5 Å². The molecule has 19 nitrogen and oxygen atoms in total. The molecule has 0 spiro atoms. The van der Waals surface area contributed by atoms with E-state index in [1.165, 1.54) is 35.8 Å². The number of aromatic hydroxyl groups is 1. The van der Waals surface area contributed by atoms with Crippen LogP contribution in [0.25, 0.3) is 0 Å². The quantitative estimate of drug-likeness (QED) is 0.0488. The molecule has 1 fully saturated rings. The number of thioether (sulfide) groups is 2. The molecule has 0 bridgehead atoms. The van der Waals surface area contributed by atoms with Crippen LogP contribution < -0.4 is 16.5 Å². The van der Waals surface area contributed by atoms with Crippen LogP contribution in [0.4, 0.5) is 5.13 Å². The molecule has 2 aliphatic heterocycles.